The number of rotatable bonds is 8. The number of amides is 1. The van der Waals surface area contributed by atoms with E-state index in [1.807, 2.05) is 13.8 Å². The number of carbonyl (C=O) groups excluding carboxylic acids is 2. The molecule has 8 heteroatoms. The van der Waals surface area contributed by atoms with Crippen LogP contribution in [0.1, 0.15) is 31.1 Å². The van der Waals surface area contributed by atoms with Crippen LogP contribution in [0.4, 0.5) is 14.5 Å². The van der Waals surface area contributed by atoms with Gasteiger partial charge >= 0.3 is 5.97 Å². The Morgan fingerprint density at radius 3 is 2.34 bits per heavy atom. The smallest absolute Gasteiger partial charge is 0.339 e. The van der Waals surface area contributed by atoms with E-state index in [0.717, 1.165) is 12.1 Å². The van der Waals surface area contributed by atoms with Crippen molar-refractivity contribution in [2.75, 3.05) is 19.0 Å². The summed E-state index contributed by atoms with van der Waals surface area (Å²) in [6.07, 6.45) is -1.17. The number of hydrogen-bond donors (Lipinski definition) is 1. The van der Waals surface area contributed by atoms with Gasteiger partial charge in [-0.05, 0) is 43.2 Å². The minimum atomic E-state index is -1.17. The minimum absolute atomic E-state index is 0.0464. The van der Waals surface area contributed by atoms with Crippen molar-refractivity contribution in [1.82, 2.24) is 0 Å². The summed E-state index contributed by atoms with van der Waals surface area (Å²) >= 11 is 0. The molecule has 1 N–H and O–H groups in total. The zero-order valence-corrected chi connectivity index (χ0v) is 16.6. The number of anilines is 1. The van der Waals surface area contributed by atoms with Gasteiger partial charge in [-0.2, -0.15) is 0 Å². The van der Waals surface area contributed by atoms with Gasteiger partial charge in [0, 0.05) is 11.8 Å². The Balaban J connectivity index is 2.02. The van der Waals surface area contributed by atoms with Crippen LogP contribution < -0.4 is 14.8 Å². The van der Waals surface area contributed by atoms with Crippen LogP contribution >= 0.6 is 0 Å². The summed E-state index contributed by atoms with van der Waals surface area (Å²) in [6.45, 7) is 5.86. The summed E-state index contributed by atoms with van der Waals surface area (Å²) in [5.41, 5.74) is 0.219. The molecule has 0 saturated heterocycles. The molecule has 2 rings (SSSR count). The molecule has 156 valence electrons. The highest BCUT2D eigenvalue weighted by molar-refractivity contribution is 5.97. The third-order valence-electron chi connectivity index (χ3n) is 3.81. The fraction of sp³-hybridized carbons (Fsp3) is 0.333. The van der Waals surface area contributed by atoms with Crippen LogP contribution in [0.3, 0.4) is 0 Å². The zero-order valence-electron chi connectivity index (χ0n) is 16.6. The summed E-state index contributed by atoms with van der Waals surface area (Å²) < 4.78 is 42.2. The van der Waals surface area contributed by atoms with Crippen LogP contribution in [0.2, 0.25) is 0 Å². The molecular formula is C21H23F2NO5. The molecule has 0 bridgehead atoms. The molecule has 0 spiro atoms. The lowest BCUT2D eigenvalue weighted by Crippen LogP contribution is -2.30. The SMILES string of the molecule is COc1cc(C(=O)O[C@H](C)C(=O)Nc2ccc(F)c(F)c2)ccc1OCC(C)C. The summed E-state index contributed by atoms with van der Waals surface area (Å²) in [6, 6.07) is 7.47. The number of carbonyl (C=O) groups is 2. The first-order valence-electron chi connectivity index (χ1n) is 8.99. The number of esters is 1. The summed E-state index contributed by atoms with van der Waals surface area (Å²) in [7, 11) is 1.45. The van der Waals surface area contributed by atoms with E-state index in [4.69, 9.17) is 14.2 Å². The van der Waals surface area contributed by atoms with Gasteiger partial charge < -0.3 is 19.5 Å². The van der Waals surface area contributed by atoms with Crippen molar-refractivity contribution in [2.45, 2.75) is 26.9 Å². The molecule has 0 unspecified atom stereocenters. The second kappa shape index (κ2) is 9.86. The highest BCUT2D eigenvalue weighted by Gasteiger charge is 2.21. The van der Waals surface area contributed by atoms with E-state index in [1.165, 1.54) is 32.2 Å². The lowest BCUT2D eigenvalue weighted by molar-refractivity contribution is -0.123. The van der Waals surface area contributed by atoms with Crippen molar-refractivity contribution in [3.8, 4) is 11.5 Å². The molecule has 6 nitrogen and oxygen atoms in total. The lowest BCUT2D eigenvalue weighted by atomic mass is 10.2. The van der Waals surface area contributed by atoms with Gasteiger partial charge in [-0.1, -0.05) is 13.8 Å². The van der Waals surface area contributed by atoms with Crippen molar-refractivity contribution in [1.29, 1.82) is 0 Å². The Morgan fingerprint density at radius 1 is 1.00 bits per heavy atom. The predicted octanol–water partition coefficient (Wildman–Crippen LogP) is 4.19. The molecule has 2 aromatic rings. The van der Waals surface area contributed by atoms with Crippen LogP contribution in [0, 0.1) is 17.6 Å². The Hall–Kier alpha value is -3.16. The molecule has 1 amide bonds. The maximum Gasteiger partial charge on any atom is 0.339 e. The number of halogens is 2. The van der Waals surface area contributed by atoms with Crippen molar-refractivity contribution in [3.05, 3.63) is 53.6 Å². The molecule has 0 radical (unpaired) electrons. The first-order chi connectivity index (χ1) is 13.7. The first kappa shape index (κ1) is 22.1. The second-order valence-electron chi connectivity index (χ2n) is 6.74. The van der Waals surface area contributed by atoms with E-state index in [1.54, 1.807) is 6.07 Å². The van der Waals surface area contributed by atoms with Crippen molar-refractivity contribution >= 4 is 17.6 Å². The molecule has 0 saturated carbocycles. The quantitative estimate of drug-likeness (QED) is 0.664. The normalized spacial score (nSPS) is 11.7. The monoisotopic (exact) mass is 407 g/mol. The maximum atomic E-state index is 13.2. The van der Waals surface area contributed by atoms with Gasteiger partial charge in [0.15, 0.2) is 29.2 Å². The maximum absolute atomic E-state index is 13.2. The number of hydrogen-bond acceptors (Lipinski definition) is 5. The van der Waals surface area contributed by atoms with E-state index in [0.29, 0.717) is 24.0 Å². The molecule has 0 aromatic heterocycles. The van der Waals surface area contributed by atoms with Crippen LogP contribution in [0.25, 0.3) is 0 Å². The van der Waals surface area contributed by atoms with Gasteiger partial charge in [0.25, 0.3) is 5.91 Å². The molecule has 0 aliphatic carbocycles. The molecule has 0 aliphatic rings. The molecular weight excluding hydrogens is 384 g/mol. The topological polar surface area (TPSA) is 73.9 Å². The molecule has 0 fully saturated rings. The first-order valence-corrected chi connectivity index (χ1v) is 8.99. The summed E-state index contributed by atoms with van der Waals surface area (Å²) in [5, 5.41) is 2.36. The van der Waals surface area contributed by atoms with Gasteiger partial charge in [-0.25, -0.2) is 13.6 Å². The van der Waals surface area contributed by atoms with Gasteiger partial charge in [0.05, 0.1) is 19.3 Å². The van der Waals surface area contributed by atoms with Gasteiger partial charge in [0.2, 0.25) is 0 Å². The minimum Gasteiger partial charge on any atom is -0.493 e. The van der Waals surface area contributed by atoms with E-state index < -0.39 is 29.6 Å². The van der Waals surface area contributed by atoms with Crippen molar-refractivity contribution in [2.24, 2.45) is 5.92 Å². The zero-order chi connectivity index (χ0) is 21.6. The highest BCUT2D eigenvalue weighted by atomic mass is 19.2. The Kier molecular flexibility index (Phi) is 7.52. The van der Waals surface area contributed by atoms with Crippen molar-refractivity contribution < 1.29 is 32.6 Å². The molecule has 29 heavy (non-hydrogen) atoms. The largest absolute Gasteiger partial charge is 0.493 e. The van der Waals surface area contributed by atoms with Crippen LogP contribution in [-0.4, -0.2) is 31.7 Å². The van der Waals surface area contributed by atoms with Crippen LogP contribution in [-0.2, 0) is 9.53 Å². The highest BCUT2D eigenvalue weighted by Crippen LogP contribution is 2.29. The van der Waals surface area contributed by atoms with Gasteiger partial charge in [0.1, 0.15) is 0 Å². The molecule has 1 atom stereocenters. The molecule has 2 aromatic carbocycles. The Morgan fingerprint density at radius 2 is 1.72 bits per heavy atom. The van der Waals surface area contributed by atoms with Gasteiger partial charge in [-0.3, -0.25) is 4.79 Å². The number of methoxy groups -OCH3 is 1. The number of nitrogens with one attached hydrogen (secondary N) is 1. The standard InChI is InChI=1S/C21H23F2NO5/c1-12(2)11-28-18-8-5-14(9-19(18)27-4)21(26)29-13(3)20(25)24-15-6-7-16(22)17(23)10-15/h5-10,12-13H,11H2,1-4H3,(H,24,25)/t13-/m1/s1. The van der Waals surface area contributed by atoms with Gasteiger partial charge in [-0.15, -0.1) is 0 Å². The third-order valence-corrected chi connectivity index (χ3v) is 3.81. The Bertz CT molecular complexity index is 885. The summed E-state index contributed by atoms with van der Waals surface area (Å²) in [5.74, 6) is -2.39. The lowest BCUT2D eigenvalue weighted by Gasteiger charge is -2.15. The summed E-state index contributed by atoms with van der Waals surface area (Å²) in [4.78, 5) is 24.5. The molecule has 0 heterocycles. The van der Waals surface area contributed by atoms with E-state index in [-0.39, 0.29) is 11.3 Å². The number of ether oxygens (including phenoxy) is 3. The third kappa shape index (κ3) is 6.17. The van der Waals surface area contributed by atoms with E-state index in [9.17, 15) is 18.4 Å². The fourth-order valence-electron chi connectivity index (χ4n) is 2.27. The van der Waals surface area contributed by atoms with Crippen LogP contribution in [0.15, 0.2) is 36.4 Å². The average Bonchev–Trinajstić information content (AvgIpc) is 2.68. The fourth-order valence-corrected chi connectivity index (χ4v) is 2.27. The van der Waals surface area contributed by atoms with Crippen molar-refractivity contribution in [3.63, 3.8) is 0 Å². The number of benzene rings is 2. The van der Waals surface area contributed by atoms with Crippen LogP contribution in [0.5, 0.6) is 11.5 Å². The van der Waals surface area contributed by atoms with E-state index >= 15 is 0 Å². The molecule has 0 aliphatic heterocycles. The Labute approximate surface area is 167 Å². The average molecular weight is 407 g/mol. The second-order valence-corrected chi connectivity index (χ2v) is 6.74. The predicted molar refractivity (Wildman–Crippen MR) is 103 cm³/mol. The van der Waals surface area contributed by atoms with E-state index in [2.05, 4.69) is 5.32 Å².